The van der Waals surface area contributed by atoms with Crippen LogP contribution in [-0.4, -0.2) is 59.3 Å². The summed E-state index contributed by atoms with van der Waals surface area (Å²) >= 11 is 0. The number of nitrogens with zero attached hydrogens (tertiary/aromatic N) is 1. The first kappa shape index (κ1) is 27.1. The Morgan fingerprint density at radius 2 is 1.62 bits per heavy atom. The minimum Gasteiger partial charge on any atom is -0.480 e. The van der Waals surface area contributed by atoms with Gasteiger partial charge in [-0.15, -0.1) is 6.58 Å². The van der Waals surface area contributed by atoms with E-state index in [0.29, 0.717) is 19.5 Å². The van der Waals surface area contributed by atoms with Gasteiger partial charge in [-0.05, 0) is 40.7 Å². The van der Waals surface area contributed by atoms with E-state index >= 15 is 0 Å². The van der Waals surface area contributed by atoms with Gasteiger partial charge in [0.15, 0.2) is 0 Å². The molecule has 0 aromatic heterocycles. The lowest BCUT2D eigenvalue weighted by atomic mass is 9.96. The third-order valence-corrected chi connectivity index (χ3v) is 7.72. The number of ether oxygens (including phenoxy) is 1. The van der Waals surface area contributed by atoms with Crippen molar-refractivity contribution in [1.82, 2.24) is 15.5 Å². The Morgan fingerprint density at radius 3 is 2.25 bits per heavy atom. The molecule has 1 saturated heterocycles. The van der Waals surface area contributed by atoms with E-state index < -0.39 is 29.6 Å². The molecule has 3 N–H and O–H groups in total. The number of fused-ring (bicyclic) bond motifs is 3. The zero-order valence-corrected chi connectivity index (χ0v) is 22.2. The first-order chi connectivity index (χ1) is 19.4. The minimum absolute atomic E-state index is 0.0653. The van der Waals surface area contributed by atoms with Crippen molar-refractivity contribution < 1.29 is 24.2 Å². The lowest BCUT2D eigenvalue weighted by Gasteiger charge is -2.30. The molecule has 40 heavy (non-hydrogen) atoms. The molecule has 3 aromatic carbocycles. The molecule has 1 heterocycles. The second kappa shape index (κ2) is 11.8. The Hall–Kier alpha value is -4.43. The Bertz CT molecular complexity index is 1360. The number of aliphatic carboxylic acids is 1. The van der Waals surface area contributed by atoms with E-state index in [4.69, 9.17) is 4.74 Å². The third-order valence-electron chi connectivity index (χ3n) is 7.72. The molecule has 1 aliphatic carbocycles. The summed E-state index contributed by atoms with van der Waals surface area (Å²) < 4.78 is 5.75. The van der Waals surface area contributed by atoms with Crippen LogP contribution in [0.3, 0.4) is 0 Å². The normalized spacial score (nSPS) is 18.8. The van der Waals surface area contributed by atoms with E-state index in [-0.39, 0.29) is 25.5 Å². The Balaban J connectivity index is 1.32. The van der Waals surface area contributed by atoms with Crippen LogP contribution in [0.15, 0.2) is 91.5 Å². The molecule has 2 aliphatic rings. The third kappa shape index (κ3) is 5.62. The minimum atomic E-state index is -1.34. The fraction of sp³-hybridized carbons (Fsp3) is 0.281. The summed E-state index contributed by atoms with van der Waals surface area (Å²) in [5, 5.41) is 15.0. The predicted octanol–water partition coefficient (Wildman–Crippen LogP) is 4.32. The number of carbonyl (C=O) groups is 3. The van der Waals surface area contributed by atoms with Crippen LogP contribution in [0.2, 0.25) is 0 Å². The van der Waals surface area contributed by atoms with Crippen LogP contribution in [0, 0.1) is 0 Å². The van der Waals surface area contributed by atoms with Crippen LogP contribution in [-0.2, 0) is 20.9 Å². The zero-order valence-electron chi connectivity index (χ0n) is 22.2. The lowest BCUT2D eigenvalue weighted by molar-refractivity contribution is -0.142. The number of hydrogen-bond donors (Lipinski definition) is 3. The summed E-state index contributed by atoms with van der Waals surface area (Å²) in [7, 11) is 0. The second-order valence-corrected chi connectivity index (χ2v) is 10.4. The summed E-state index contributed by atoms with van der Waals surface area (Å²) in [6.07, 6.45) is 1.11. The predicted molar refractivity (Wildman–Crippen MR) is 152 cm³/mol. The molecule has 1 aliphatic heterocycles. The van der Waals surface area contributed by atoms with E-state index in [1.165, 1.54) is 6.08 Å². The van der Waals surface area contributed by atoms with Gasteiger partial charge in [0.05, 0.1) is 0 Å². The summed E-state index contributed by atoms with van der Waals surface area (Å²) in [6.45, 7) is 5.07. The average Bonchev–Trinajstić information content (AvgIpc) is 3.51. The highest BCUT2D eigenvalue weighted by molar-refractivity contribution is 5.93. The van der Waals surface area contributed by atoms with E-state index in [0.717, 1.165) is 27.8 Å². The van der Waals surface area contributed by atoms with E-state index in [1.807, 2.05) is 66.7 Å². The molecule has 2 unspecified atom stereocenters. The number of amides is 2. The summed E-state index contributed by atoms with van der Waals surface area (Å²) in [4.78, 5) is 40.6. The van der Waals surface area contributed by atoms with Gasteiger partial charge in [-0.25, -0.2) is 9.59 Å². The molecule has 8 heteroatoms. The van der Waals surface area contributed by atoms with Crippen molar-refractivity contribution in [1.29, 1.82) is 0 Å². The highest BCUT2D eigenvalue weighted by Gasteiger charge is 2.47. The molecular formula is C32H33N3O5. The van der Waals surface area contributed by atoms with E-state index in [9.17, 15) is 19.5 Å². The fourth-order valence-corrected chi connectivity index (χ4v) is 5.72. The maximum atomic E-state index is 13.6. The van der Waals surface area contributed by atoms with E-state index in [2.05, 4.69) is 34.2 Å². The topological polar surface area (TPSA) is 108 Å². The first-order valence-corrected chi connectivity index (χ1v) is 13.4. The number of nitrogens with one attached hydrogen (secondary N) is 2. The van der Waals surface area contributed by atoms with Gasteiger partial charge in [0.25, 0.3) is 0 Å². The molecule has 0 radical (unpaired) electrons. The second-order valence-electron chi connectivity index (χ2n) is 10.4. The number of likely N-dealkylation sites (tertiary alicyclic amines) is 1. The molecule has 0 spiro atoms. The maximum absolute atomic E-state index is 13.6. The monoisotopic (exact) mass is 539 g/mol. The van der Waals surface area contributed by atoms with Gasteiger partial charge in [-0.1, -0.05) is 84.9 Å². The summed E-state index contributed by atoms with van der Waals surface area (Å²) in [5.41, 5.74) is 4.16. The Kier molecular flexibility index (Phi) is 7.98. The first-order valence-electron chi connectivity index (χ1n) is 13.4. The van der Waals surface area contributed by atoms with Crippen molar-refractivity contribution in [2.45, 2.75) is 36.9 Å². The molecule has 2 amide bonds. The molecular weight excluding hydrogens is 506 g/mol. The SMILES string of the molecule is C=CCC(NC(=O)C1(NC(=O)OCC2c3ccccc3-c3ccccc32)CCN(Cc2ccccc2)C1)C(=O)O. The lowest BCUT2D eigenvalue weighted by Crippen LogP contribution is -2.62. The standard InChI is InChI=1S/C32H33N3O5/c1-2-10-28(29(36)37)33-30(38)32(17-18-35(21-32)19-22-11-4-3-5-12-22)34-31(39)40-20-27-25-15-8-6-13-23(25)24-14-7-9-16-26(24)27/h2-9,11-16,27-28H,1,10,17-21H2,(H,33,38)(H,34,39)(H,36,37). The van der Waals surface area contributed by atoms with Crippen molar-refractivity contribution in [2.75, 3.05) is 19.7 Å². The zero-order chi connectivity index (χ0) is 28.1. The van der Waals surface area contributed by atoms with Gasteiger partial charge in [-0.3, -0.25) is 9.69 Å². The fourth-order valence-electron chi connectivity index (χ4n) is 5.72. The van der Waals surface area contributed by atoms with Gasteiger partial charge in [0, 0.05) is 25.6 Å². The molecule has 0 saturated carbocycles. The Labute approximate surface area is 233 Å². The summed E-state index contributed by atoms with van der Waals surface area (Å²) in [5.74, 6) is -1.83. The summed E-state index contributed by atoms with van der Waals surface area (Å²) in [6, 6.07) is 24.8. The van der Waals surface area contributed by atoms with Gasteiger partial charge in [0.1, 0.15) is 18.2 Å². The highest BCUT2D eigenvalue weighted by Crippen LogP contribution is 2.44. The molecule has 8 nitrogen and oxygen atoms in total. The molecule has 0 bridgehead atoms. The highest BCUT2D eigenvalue weighted by atomic mass is 16.5. The van der Waals surface area contributed by atoms with Crippen LogP contribution in [0.4, 0.5) is 4.79 Å². The van der Waals surface area contributed by atoms with Crippen molar-refractivity contribution >= 4 is 18.0 Å². The quantitative estimate of drug-likeness (QED) is 0.332. The number of alkyl carbamates (subject to hydrolysis) is 1. The molecule has 1 fully saturated rings. The van der Waals surface area contributed by atoms with Crippen molar-refractivity contribution in [3.63, 3.8) is 0 Å². The van der Waals surface area contributed by atoms with Crippen molar-refractivity contribution in [3.8, 4) is 11.1 Å². The molecule has 2 atom stereocenters. The van der Waals surface area contributed by atoms with Crippen LogP contribution < -0.4 is 10.6 Å². The number of carboxylic acids is 1. The van der Waals surface area contributed by atoms with Crippen LogP contribution in [0.5, 0.6) is 0 Å². The Morgan fingerprint density at radius 1 is 1.00 bits per heavy atom. The van der Waals surface area contributed by atoms with Gasteiger partial charge in [-0.2, -0.15) is 0 Å². The number of benzene rings is 3. The largest absolute Gasteiger partial charge is 0.480 e. The smallest absolute Gasteiger partial charge is 0.408 e. The average molecular weight is 540 g/mol. The molecule has 5 rings (SSSR count). The van der Waals surface area contributed by atoms with Crippen LogP contribution in [0.1, 0.15) is 35.4 Å². The number of rotatable bonds is 10. The number of hydrogen-bond acceptors (Lipinski definition) is 5. The molecule has 3 aromatic rings. The van der Waals surface area contributed by atoms with Crippen molar-refractivity contribution in [2.24, 2.45) is 0 Å². The number of carboxylic acid groups (broad SMARTS) is 1. The van der Waals surface area contributed by atoms with Gasteiger partial charge < -0.3 is 20.5 Å². The van der Waals surface area contributed by atoms with Crippen LogP contribution >= 0.6 is 0 Å². The van der Waals surface area contributed by atoms with Gasteiger partial charge in [0.2, 0.25) is 5.91 Å². The van der Waals surface area contributed by atoms with E-state index in [1.54, 1.807) is 0 Å². The molecule has 206 valence electrons. The van der Waals surface area contributed by atoms with Crippen LogP contribution in [0.25, 0.3) is 11.1 Å². The van der Waals surface area contributed by atoms with Gasteiger partial charge >= 0.3 is 12.1 Å². The van der Waals surface area contributed by atoms with Crippen molar-refractivity contribution in [3.05, 3.63) is 108 Å². The number of carbonyl (C=O) groups excluding carboxylic acids is 2. The maximum Gasteiger partial charge on any atom is 0.408 e.